The molecule has 1 rings (SSSR count). The molecule has 0 spiro atoms. The number of alkyl halides is 2. The maximum Gasteiger partial charge on any atom is 0.407 e. The molecule has 2 N–H and O–H groups in total. The smallest absolute Gasteiger partial charge is 0.407 e. The number of nitrogens with zero attached hydrogens (tertiary/aromatic N) is 1. The van der Waals surface area contributed by atoms with E-state index in [2.05, 4.69) is 22.6 Å². The van der Waals surface area contributed by atoms with Gasteiger partial charge in [-0.25, -0.2) is 13.6 Å². The van der Waals surface area contributed by atoms with E-state index in [9.17, 15) is 13.6 Å². The van der Waals surface area contributed by atoms with E-state index in [-0.39, 0.29) is 0 Å². The third-order valence-corrected chi connectivity index (χ3v) is 3.55. The van der Waals surface area contributed by atoms with Crippen molar-refractivity contribution < 1.29 is 18.3 Å². The van der Waals surface area contributed by atoms with E-state index in [1.807, 2.05) is 0 Å². The molecular formula is C15H29F2N3O2. The fourth-order valence-corrected chi connectivity index (χ4v) is 2.30. The first-order valence-corrected chi connectivity index (χ1v) is 7.81. The summed E-state index contributed by atoms with van der Waals surface area (Å²) in [6.45, 7) is 6.54. The largest absolute Gasteiger partial charge is 0.444 e. The van der Waals surface area contributed by atoms with Crippen LogP contribution >= 0.6 is 0 Å². The molecule has 22 heavy (non-hydrogen) atoms. The Morgan fingerprint density at radius 2 is 1.82 bits per heavy atom. The van der Waals surface area contributed by atoms with Crippen LogP contribution in [0.2, 0.25) is 0 Å². The SMILES string of the molecule is CN1CCC(CNCC(F)(F)CNC(=O)OC(C)(C)C)CC1. The first kappa shape index (κ1) is 19.1. The van der Waals surface area contributed by atoms with Crippen molar-refractivity contribution in [1.29, 1.82) is 0 Å². The molecule has 5 nitrogen and oxygen atoms in total. The van der Waals surface area contributed by atoms with Crippen molar-refractivity contribution in [3.63, 3.8) is 0 Å². The number of hydrogen-bond acceptors (Lipinski definition) is 4. The molecule has 0 aliphatic carbocycles. The first-order valence-electron chi connectivity index (χ1n) is 7.81. The number of rotatable bonds is 6. The second-order valence-corrected chi connectivity index (χ2v) is 7.09. The van der Waals surface area contributed by atoms with Crippen LogP contribution in [0.15, 0.2) is 0 Å². The zero-order valence-corrected chi connectivity index (χ0v) is 14.0. The number of carbonyl (C=O) groups excluding carboxylic acids is 1. The van der Waals surface area contributed by atoms with Crippen molar-refractivity contribution in [3.8, 4) is 0 Å². The minimum atomic E-state index is -2.98. The molecule has 1 saturated heterocycles. The highest BCUT2D eigenvalue weighted by atomic mass is 19.3. The summed E-state index contributed by atoms with van der Waals surface area (Å²) in [5.74, 6) is -2.53. The Kier molecular flexibility index (Phi) is 6.99. The molecule has 0 unspecified atom stereocenters. The van der Waals surface area contributed by atoms with Gasteiger partial charge in [-0.3, -0.25) is 0 Å². The fourth-order valence-electron chi connectivity index (χ4n) is 2.30. The highest BCUT2D eigenvalue weighted by Crippen LogP contribution is 2.16. The maximum atomic E-state index is 13.7. The monoisotopic (exact) mass is 321 g/mol. The first-order chi connectivity index (χ1) is 10.1. The van der Waals surface area contributed by atoms with Crippen LogP contribution in [0.25, 0.3) is 0 Å². The number of alkyl carbamates (subject to hydrolysis) is 1. The van der Waals surface area contributed by atoms with Gasteiger partial charge in [0.05, 0.1) is 13.1 Å². The van der Waals surface area contributed by atoms with Gasteiger partial charge < -0.3 is 20.3 Å². The van der Waals surface area contributed by atoms with Gasteiger partial charge in [-0.05, 0) is 66.2 Å². The molecule has 0 bridgehead atoms. The van der Waals surface area contributed by atoms with Crippen molar-refractivity contribution in [2.24, 2.45) is 5.92 Å². The molecule has 1 aliphatic heterocycles. The summed E-state index contributed by atoms with van der Waals surface area (Å²) in [6.07, 6.45) is 1.25. The lowest BCUT2D eigenvalue weighted by molar-refractivity contribution is -0.00448. The quantitative estimate of drug-likeness (QED) is 0.786. The van der Waals surface area contributed by atoms with E-state index in [0.717, 1.165) is 25.9 Å². The summed E-state index contributed by atoms with van der Waals surface area (Å²) in [4.78, 5) is 13.6. The number of ether oxygens (including phenoxy) is 1. The van der Waals surface area contributed by atoms with E-state index in [4.69, 9.17) is 4.74 Å². The van der Waals surface area contributed by atoms with E-state index in [1.165, 1.54) is 0 Å². The predicted molar refractivity (Wildman–Crippen MR) is 82.3 cm³/mol. The van der Waals surface area contributed by atoms with Crippen molar-refractivity contribution >= 4 is 6.09 Å². The van der Waals surface area contributed by atoms with Gasteiger partial charge in [-0.15, -0.1) is 0 Å². The van der Waals surface area contributed by atoms with Gasteiger partial charge in [0.25, 0.3) is 5.92 Å². The number of amides is 1. The zero-order valence-electron chi connectivity index (χ0n) is 14.0. The third kappa shape index (κ3) is 8.48. The Morgan fingerprint density at radius 3 is 2.36 bits per heavy atom. The van der Waals surface area contributed by atoms with Gasteiger partial charge >= 0.3 is 6.09 Å². The third-order valence-electron chi connectivity index (χ3n) is 3.55. The van der Waals surface area contributed by atoms with Crippen molar-refractivity contribution in [1.82, 2.24) is 15.5 Å². The van der Waals surface area contributed by atoms with Crippen LogP contribution in [0.5, 0.6) is 0 Å². The lowest BCUT2D eigenvalue weighted by atomic mass is 9.97. The summed E-state index contributed by atoms with van der Waals surface area (Å²) in [6, 6.07) is 0. The van der Waals surface area contributed by atoms with Gasteiger partial charge in [0.2, 0.25) is 0 Å². The van der Waals surface area contributed by atoms with Crippen LogP contribution in [-0.2, 0) is 4.74 Å². The number of carbonyl (C=O) groups is 1. The Bertz CT molecular complexity index is 351. The minimum absolute atomic E-state index is 0.435. The lowest BCUT2D eigenvalue weighted by Gasteiger charge is -2.29. The van der Waals surface area contributed by atoms with Crippen LogP contribution in [-0.4, -0.2) is 62.3 Å². The van der Waals surface area contributed by atoms with Crippen molar-refractivity contribution in [2.75, 3.05) is 39.8 Å². The van der Waals surface area contributed by atoms with Crippen LogP contribution in [0.1, 0.15) is 33.6 Å². The summed E-state index contributed by atoms with van der Waals surface area (Å²) in [5.41, 5.74) is -0.689. The molecule has 7 heteroatoms. The molecule has 1 aliphatic rings. The average Bonchev–Trinajstić information content (AvgIpc) is 2.37. The van der Waals surface area contributed by atoms with Crippen molar-refractivity contribution in [2.45, 2.75) is 45.1 Å². The Labute approximate surface area is 131 Å². The molecule has 1 heterocycles. The van der Waals surface area contributed by atoms with E-state index >= 15 is 0 Å². The molecule has 0 aromatic rings. The summed E-state index contributed by atoms with van der Waals surface area (Å²) < 4.78 is 32.3. The molecule has 0 aromatic carbocycles. The normalized spacial score (nSPS) is 18.3. The number of hydrogen-bond donors (Lipinski definition) is 2. The Hall–Kier alpha value is -0.950. The molecule has 1 amide bonds. The van der Waals surface area contributed by atoms with Gasteiger partial charge in [0, 0.05) is 0 Å². The average molecular weight is 321 g/mol. The predicted octanol–water partition coefficient (Wildman–Crippen LogP) is 2.08. The summed E-state index contributed by atoms with van der Waals surface area (Å²) in [7, 11) is 2.07. The second-order valence-electron chi connectivity index (χ2n) is 7.09. The van der Waals surface area contributed by atoms with E-state index < -0.39 is 30.7 Å². The van der Waals surface area contributed by atoms with Crippen molar-refractivity contribution in [3.05, 3.63) is 0 Å². The Morgan fingerprint density at radius 1 is 1.23 bits per heavy atom. The van der Waals surface area contributed by atoms with Crippen LogP contribution < -0.4 is 10.6 Å². The maximum absolute atomic E-state index is 13.7. The standard InChI is InChI=1S/C15H29F2N3O2/c1-14(2,3)22-13(21)19-11-15(16,17)10-18-9-12-5-7-20(4)8-6-12/h12,18H,5-11H2,1-4H3,(H,19,21). The number of piperidine rings is 1. The topological polar surface area (TPSA) is 53.6 Å². The fraction of sp³-hybridized carbons (Fsp3) is 0.933. The van der Waals surface area contributed by atoms with Gasteiger partial charge in [-0.2, -0.15) is 0 Å². The van der Waals surface area contributed by atoms with E-state index in [1.54, 1.807) is 20.8 Å². The molecule has 0 saturated carbocycles. The van der Waals surface area contributed by atoms with Crippen LogP contribution in [0, 0.1) is 5.92 Å². The minimum Gasteiger partial charge on any atom is -0.444 e. The molecule has 0 atom stereocenters. The molecule has 1 fully saturated rings. The van der Waals surface area contributed by atoms with Gasteiger partial charge in [0.1, 0.15) is 5.60 Å². The summed E-state index contributed by atoms with van der Waals surface area (Å²) in [5, 5.41) is 4.94. The lowest BCUT2D eigenvalue weighted by Crippen LogP contribution is -2.46. The Balaban J connectivity index is 2.19. The zero-order chi connectivity index (χ0) is 16.8. The van der Waals surface area contributed by atoms with E-state index in [0.29, 0.717) is 12.5 Å². The van der Waals surface area contributed by atoms with Crippen LogP contribution in [0.4, 0.5) is 13.6 Å². The van der Waals surface area contributed by atoms with Gasteiger partial charge in [0.15, 0.2) is 0 Å². The van der Waals surface area contributed by atoms with Gasteiger partial charge in [-0.1, -0.05) is 0 Å². The summed E-state index contributed by atoms with van der Waals surface area (Å²) >= 11 is 0. The molecule has 0 aromatic heterocycles. The van der Waals surface area contributed by atoms with Crippen LogP contribution in [0.3, 0.4) is 0 Å². The molecule has 130 valence electrons. The second kappa shape index (κ2) is 8.06. The highest BCUT2D eigenvalue weighted by molar-refractivity contribution is 5.67. The number of halogens is 2. The number of likely N-dealkylation sites (tertiary alicyclic amines) is 1. The molecular weight excluding hydrogens is 292 g/mol. The number of nitrogens with one attached hydrogen (secondary N) is 2. The molecule has 0 radical (unpaired) electrons. The highest BCUT2D eigenvalue weighted by Gasteiger charge is 2.30.